The van der Waals surface area contributed by atoms with E-state index in [1.807, 2.05) is 44.4 Å². The van der Waals surface area contributed by atoms with Crippen molar-refractivity contribution in [2.24, 2.45) is 5.73 Å². The molecular weight excluding hydrogens is 393 g/mol. The summed E-state index contributed by atoms with van der Waals surface area (Å²) in [4.78, 5) is 16.3. The normalized spacial score (nSPS) is 10.9. The maximum absolute atomic E-state index is 12.1. The predicted molar refractivity (Wildman–Crippen MR) is 114 cm³/mol. The van der Waals surface area contributed by atoms with Gasteiger partial charge in [-0.15, -0.1) is 24.8 Å². The molecule has 3 N–H and O–H groups in total. The van der Waals surface area contributed by atoms with E-state index < -0.39 is 6.04 Å². The number of nitrogens with two attached hydrogens (primary N) is 1. The van der Waals surface area contributed by atoms with Gasteiger partial charge in [0, 0.05) is 24.0 Å². The number of nitrogens with zero attached hydrogens (tertiary/aromatic N) is 1. The minimum absolute atomic E-state index is 0. The molecule has 2 rings (SSSR count). The van der Waals surface area contributed by atoms with E-state index in [1.165, 1.54) is 0 Å². The predicted octanol–water partition coefficient (Wildman–Crippen LogP) is 4.35. The first-order chi connectivity index (χ1) is 11.5. The Kier molecular flexibility index (Phi) is 11.3. The molecule has 0 radical (unpaired) electrons. The monoisotopic (exact) mass is 417 g/mol. The fraction of sp³-hybridized carbons (Fsp3) is 0.333. The minimum atomic E-state index is -0.512. The van der Waals surface area contributed by atoms with E-state index in [9.17, 15) is 4.79 Å². The lowest BCUT2D eigenvalue weighted by Crippen LogP contribution is -2.36. The second-order valence-electron chi connectivity index (χ2n) is 5.63. The van der Waals surface area contributed by atoms with E-state index in [-0.39, 0.29) is 30.7 Å². The topological polar surface area (TPSA) is 77.2 Å². The van der Waals surface area contributed by atoms with E-state index in [0.717, 1.165) is 16.9 Å². The maximum atomic E-state index is 12.1. The highest BCUT2D eigenvalue weighted by Gasteiger charge is 2.14. The van der Waals surface area contributed by atoms with Crippen molar-refractivity contribution in [2.45, 2.75) is 26.3 Å². The van der Waals surface area contributed by atoms with Crippen LogP contribution in [0.4, 0.5) is 5.69 Å². The molecule has 0 aliphatic heterocycles. The van der Waals surface area contributed by atoms with Gasteiger partial charge in [-0.1, -0.05) is 6.07 Å². The second kappa shape index (κ2) is 12.0. The Morgan fingerprint density at radius 2 is 2.00 bits per heavy atom. The lowest BCUT2D eigenvalue weighted by Gasteiger charge is -2.14. The van der Waals surface area contributed by atoms with Crippen LogP contribution in [-0.2, 0) is 4.79 Å². The zero-order chi connectivity index (χ0) is 17.5. The van der Waals surface area contributed by atoms with Gasteiger partial charge in [0.2, 0.25) is 11.8 Å². The number of pyridine rings is 1. The summed E-state index contributed by atoms with van der Waals surface area (Å²) in [6.07, 6.45) is 4.35. The van der Waals surface area contributed by atoms with Gasteiger partial charge >= 0.3 is 0 Å². The van der Waals surface area contributed by atoms with Crippen LogP contribution in [0.1, 0.15) is 17.5 Å². The molecule has 1 aromatic carbocycles. The third-order valence-corrected chi connectivity index (χ3v) is 4.17. The number of rotatable bonds is 7. The van der Waals surface area contributed by atoms with Gasteiger partial charge in [-0.3, -0.25) is 4.79 Å². The van der Waals surface area contributed by atoms with Gasteiger partial charge in [-0.05, 0) is 55.5 Å². The average molecular weight is 418 g/mol. The Bertz CT molecular complexity index is 717. The SMILES string of the molecule is CSCC[C@H](N)C(=O)Nc1ccc(C)c(Oc2cc(C)ccn2)c1.Cl.Cl. The highest BCUT2D eigenvalue weighted by molar-refractivity contribution is 7.98. The molecule has 0 saturated carbocycles. The van der Waals surface area contributed by atoms with Gasteiger partial charge < -0.3 is 15.8 Å². The molecule has 1 atom stereocenters. The molecule has 1 heterocycles. The number of anilines is 1. The summed E-state index contributed by atoms with van der Waals surface area (Å²) in [5, 5.41) is 2.84. The van der Waals surface area contributed by atoms with Gasteiger partial charge in [0.25, 0.3) is 0 Å². The zero-order valence-electron chi connectivity index (χ0n) is 15.0. The van der Waals surface area contributed by atoms with Crippen molar-refractivity contribution in [3.8, 4) is 11.6 Å². The fourth-order valence-electron chi connectivity index (χ4n) is 2.08. The number of amides is 1. The number of aryl methyl sites for hydroxylation is 2. The van der Waals surface area contributed by atoms with Crippen molar-refractivity contribution in [3.63, 3.8) is 0 Å². The summed E-state index contributed by atoms with van der Waals surface area (Å²) in [6, 6.07) is 8.79. The summed E-state index contributed by atoms with van der Waals surface area (Å²) in [6.45, 7) is 3.93. The molecule has 0 bridgehead atoms. The Balaban J connectivity index is 0.00000312. The van der Waals surface area contributed by atoms with Crippen LogP contribution in [0.5, 0.6) is 11.6 Å². The van der Waals surface area contributed by atoms with Crippen LogP contribution in [0.15, 0.2) is 36.5 Å². The van der Waals surface area contributed by atoms with E-state index in [1.54, 1.807) is 24.0 Å². The van der Waals surface area contributed by atoms with Crippen molar-refractivity contribution in [2.75, 3.05) is 17.3 Å². The van der Waals surface area contributed by atoms with E-state index in [2.05, 4.69) is 10.3 Å². The van der Waals surface area contributed by atoms with Crippen LogP contribution in [-0.4, -0.2) is 28.9 Å². The van der Waals surface area contributed by atoms with E-state index in [0.29, 0.717) is 23.7 Å². The number of nitrogens with one attached hydrogen (secondary N) is 1. The van der Waals surface area contributed by atoms with Crippen LogP contribution in [0.2, 0.25) is 0 Å². The van der Waals surface area contributed by atoms with Crippen molar-refractivity contribution in [3.05, 3.63) is 47.7 Å². The third kappa shape index (κ3) is 7.41. The number of hydrogen-bond acceptors (Lipinski definition) is 5. The molecule has 8 heteroatoms. The van der Waals surface area contributed by atoms with Crippen molar-refractivity contribution < 1.29 is 9.53 Å². The van der Waals surface area contributed by atoms with Gasteiger partial charge in [-0.25, -0.2) is 4.98 Å². The number of carbonyl (C=O) groups excluding carboxylic acids is 1. The van der Waals surface area contributed by atoms with Crippen LogP contribution in [0, 0.1) is 13.8 Å². The lowest BCUT2D eigenvalue weighted by atomic mass is 10.2. The van der Waals surface area contributed by atoms with E-state index >= 15 is 0 Å². The molecule has 0 unspecified atom stereocenters. The molecule has 0 aliphatic rings. The van der Waals surface area contributed by atoms with Gasteiger partial charge in [0.15, 0.2) is 0 Å². The molecule has 0 aliphatic carbocycles. The smallest absolute Gasteiger partial charge is 0.241 e. The average Bonchev–Trinajstić information content (AvgIpc) is 2.55. The van der Waals surface area contributed by atoms with Gasteiger partial charge in [0.05, 0.1) is 6.04 Å². The highest BCUT2D eigenvalue weighted by Crippen LogP contribution is 2.27. The van der Waals surface area contributed by atoms with Crippen molar-refractivity contribution in [1.29, 1.82) is 0 Å². The number of hydrogen-bond donors (Lipinski definition) is 2. The quantitative estimate of drug-likeness (QED) is 0.699. The third-order valence-electron chi connectivity index (χ3n) is 3.53. The van der Waals surface area contributed by atoms with Crippen LogP contribution in [0.25, 0.3) is 0 Å². The maximum Gasteiger partial charge on any atom is 0.241 e. The first kappa shape index (κ1) is 24.5. The number of benzene rings is 1. The fourth-order valence-corrected chi connectivity index (χ4v) is 2.57. The number of ether oxygens (including phenoxy) is 1. The Labute approximate surface area is 171 Å². The molecule has 2 aromatic rings. The largest absolute Gasteiger partial charge is 0.439 e. The number of halogens is 2. The Morgan fingerprint density at radius 1 is 1.27 bits per heavy atom. The Morgan fingerprint density at radius 3 is 2.65 bits per heavy atom. The molecule has 0 spiro atoms. The first-order valence-corrected chi connectivity index (χ1v) is 9.15. The van der Waals surface area contributed by atoms with Gasteiger partial charge in [-0.2, -0.15) is 11.8 Å². The van der Waals surface area contributed by atoms with Crippen LogP contribution in [0.3, 0.4) is 0 Å². The molecule has 144 valence electrons. The minimum Gasteiger partial charge on any atom is -0.439 e. The molecule has 26 heavy (non-hydrogen) atoms. The lowest BCUT2D eigenvalue weighted by molar-refractivity contribution is -0.117. The van der Waals surface area contributed by atoms with Gasteiger partial charge in [0.1, 0.15) is 5.75 Å². The van der Waals surface area contributed by atoms with Crippen LogP contribution < -0.4 is 15.8 Å². The summed E-state index contributed by atoms with van der Waals surface area (Å²) >= 11 is 1.67. The number of carbonyl (C=O) groups is 1. The van der Waals surface area contributed by atoms with Crippen molar-refractivity contribution in [1.82, 2.24) is 4.98 Å². The second-order valence-corrected chi connectivity index (χ2v) is 6.62. The summed E-state index contributed by atoms with van der Waals surface area (Å²) < 4.78 is 5.84. The summed E-state index contributed by atoms with van der Waals surface area (Å²) in [5.41, 5.74) is 8.58. The molecule has 0 fully saturated rings. The molecule has 1 amide bonds. The van der Waals surface area contributed by atoms with E-state index in [4.69, 9.17) is 10.5 Å². The van der Waals surface area contributed by atoms with Crippen molar-refractivity contribution >= 4 is 48.2 Å². The molecular formula is C18H25Cl2N3O2S. The number of aromatic nitrogens is 1. The standard InChI is InChI=1S/C18H23N3O2S.2ClH/c1-12-6-8-20-17(10-12)23-16-11-14(5-4-13(16)2)21-18(22)15(19)7-9-24-3;;/h4-6,8,10-11,15H,7,9,19H2,1-3H3,(H,21,22);2*1H/t15-;;/m0../s1. The molecule has 1 aromatic heterocycles. The highest BCUT2D eigenvalue weighted by atomic mass is 35.5. The first-order valence-electron chi connectivity index (χ1n) is 7.76. The zero-order valence-corrected chi connectivity index (χ0v) is 17.5. The molecule has 5 nitrogen and oxygen atoms in total. The summed E-state index contributed by atoms with van der Waals surface area (Å²) in [7, 11) is 0. The molecule has 0 saturated heterocycles. The summed E-state index contributed by atoms with van der Waals surface area (Å²) in [5.74, 6) is 1.85. The Hall–Kier alpha value is -1.47. The van der Waals surface area contributed by atoms with Crippen LogP contribution >= 0.6 is 36.6 Å². The number of thioether (sulfide) groups is 1.